The van der Waals surface area contributed by atoms with E-state index < -0.39 is 17.6 Å². The second-order valence-corrected chi connectivity index (χ2v) is 4.00. The quantitative estimate of drug-likeness (QED) is 0.697. The zero-order chi connectivity index (χ0) is 8.48. The molecule has 11 heavy (non-hydrogen) atoms. The van der Waals surface area contributed by atoms with Gasteiger partial charge in [0.2, 0.25) is 0 Å². The number of aliphatic carboxylic acids is 1. The zero-order valence-corrected chi connectivity index (χ0v) is 7.16. The number of carboxylic acid groups (broad SMARTS) is 1. The first-order valence-corrected chi connectivity index (χ1v) is 4.71. The second-order valence-electron chi connectivity index (χ2n) is 2.90. The van der Waals surface area contributed by atoms with Crippen LogP contribution >= 0.6 is 11.8 Å². The minimum Gasteiger partial charge on any atom is -0.481 e. The van der Waals surface area contributed by atoms with Crippen LogP contribution in [-0.2, 0) is 4.79 Å². The molecular formula is C7H11FO2S. The molecule has 0 spiro atoms. The Bertz CT molecular complexity index is 166. The maximum Gasteiger partial charge on any atom is 0.309 e. The molecule has 2 atom stereocenters. The van der Waals surface area contributed by atoms with Gasteiger partial charge >= 0.3 is 5.97 Å². The lowest BCUT2D eigenvalue weighted by atomic mass is 9.90. The molecule has 1 rings (SSSR count). The standard InChI is InChI=1S/C7H11FO2S/c1-5(6(9)10)7(8)2-3-11-4-7/h5H,2-4H2,1H3,(H,9,10). The Balaban J connectivity index is 2.63. The van der Waals surface area contributed by atoms with Crippen molar-refractivity contribution in [1.29, 1.82) is 0 Å². The fourth-order valence-corrected chi connectivity index (χ4v) is 2.48. The highest BCUT2D eigenvalue weighted by Crippen LogP contribution is 2.37. The van der Waals surface area contributed by atoms with Crippen LogP contribution < -0.4 is 0 Å². The Morgan fingerprint density at radius 3 is 2.82 bits per heavy atom. The fourth-order valence-electron chi connectivity index (χ4n) is 1.12. The lowest BCUT2D eigenvalue weighted by Crippen LogP contribution is -2.36. The summed E-state index contributed by atoms with van der Waals surface area (Å²) in [5, 5.41) is 8.56. The van der Waals surface area contributed by atoms with E-state index in [9.17, 15) is 9.18 Å². The molecule has 0 radical (unpaired) electrons. The largest absolute Gasteiger partial charge is 0.481 e. The molecule has 1 N–H and O–H groups in total. The van der Waals surface area contributed by atoms with Crippen molar-refractivity contribution in [1.82, 2.24) is 0 Å². The number of thioether (sulfide) groups is 1. The maximum absolute atomic E-state index is 13.6. The van der Waals surface area contributed by atoms with Crippen molar-refractivity contribution < 1.29 is 14.3 Å². The lowest BCUT2D eigenvalue weighted by molar-refractivity contribution is -0.145. The summed E-state index contributed by atoms with van der Waals surface area (Å²) in [6.07, 6.45) is 0.380. The van der Waals surface area contributed by atoms with E-state index in [1.807, 2.05) is 0 Å². The van der Waals surface area contributed by atoms with Crippen molar-refractivity contribution in [3.63, 3.8) is 0 Å². The normalized spacial score (nSPS) is 33.6. The van der Waals surface area contributed by atoms with E-state index >= 15 is 0 Å². The van der Waals surface area contributed by atoms with E-state index in [0.29, 0.717) is 12.2 Å². The third-order valence-corrected chi connectivity index (χ3v) is 3.33. The number of halogens is 1. The molecule has 0 aromatic rings. The van der Waals surface area contributed by atoms with Crippen LogP contribution in [0.2, 0.25) is 0 Å². The molecule has 2 nitrogen and oxygen atoms in total. The van der Waals surface area contributed by atoms with Gasteiger partial charge in [0.15, 0.2) is 0 Å². The average molecular weight is 178 g/mol. The van der Waals surface area contributed by atoms with Gasteiger partial charge in [-0.05, 0) is 19.1 Å². The topological polar surface area (TPSA) is 37.3 Å². The summed E-state index contributed by atoms with van der Waals surface area (Å²) >= 11 is 1.49. The van der Waals surface area contributed by atoms with Crippen LogP contribution in [0.5, 0.6) is 0 Å². The van der Waals surface area contributed by atoms with Crippen LogP contribution in [0.3, 0.4) is 0 Å². The third kappa shape index (κ3) is 1.67. The van der Waals surface area contributed by atoms with Crippen molar-refractivity contribution in [3.05, 3.63) is 0 Å². The summed E-state index contributed by atoms with van der Waals surface area (Å²) in [5.74, 6) is -0.818. The predicted octanol–water partition coefficient (Wildman–Crippen LogP) is 1.55. The molecule has 2 unspecified atom stereocenters. The van der Waals surface area contributed by atoms with E-state index in [0.717, 1.165) is 5.75 Å². The first kappa shape index (κ1) is 8.84. The molecule has 0 aromatic heterocycles. The van der Waals surface area contributed by atoms with Crippen molar-refractivity contribution in [3.8, 4) is 0 Å². The minimum atomic E-state index is -1.46. The summed E-state index contributed by atoms with van der Waals surface area (Å²) in [6.45, 7) is 1.44. The van der Waals surface area contributed by atoms with Gasteiger partial charge in [-0.2, -0.15) is 11.8 Å². The van der Waals surface area contributed by atoms with Gasteiger partial charge in [0, 0.05) is 5.75 Å². The molecule has 64 valence electrons. The van der Waals surface area contributed by atoms with E-state index in [-0.39, 0.29) is 0 Å². The van der Waals surface area contributed by atoms with Crippen LogP contribution in [0.15, 0.2) is 0 Å². The lowest BCUT2D eigenvalue weighted by Gasteiger charge is -2.22. The Morgan fingerprint density at radius 1 is 1.82 bits per heavy atom. The van der Waals surface area contributed by atoms with Gasteiger partial charge in [-0.1, -0.05) is 0 Å². The summed E-state index contributed by atoms with van der Waals surface area (Å²) in [6, 6.07) is 0. The summed E-state index contributed by atoms with van der Waals surface area (Å²) in [4.78, 5) is 10.4. The number of hydrogen-bond acceptors (Lipinski definition) is 2. The van der Waals surface area contributed by atoms with Gasteiger partial charge in [0.1, 0.15) is 5.67 Å². The Morgan fingerprint density at radius 2 is 2.45 bits per heavy atom. The molecule has 4 heteroatoms. The molecular weight excluding hydrogens is 167 g/mol. The predicted molar refractivity (Wildman–Crippen MR) is 42.6 cm³/mol. The average Bonchev–Trinajstić information content (AvgIpc) is 2.35. The Labute approximate surface area is 69.2 Å². The number of carbonyl (C=O) groups is 1. The molecule has 1 aliphatic heterocycles. The first-order valence-electron chi connectivity index (χ1n) is 3.56. The highest BCUT2D eigenvalue weighted by molar-refractivity contribution is 7.99. The smallest absolute Gasteiger partial charge is 0.309 e. The molecule has 0 aromatic carbocycles. The summed E-state index contributed by atoms with van der Waals surface area (Å²) in [5.41, 5.74) is -1.46. The van der Waals surface area contributed by atoms with Crippen molar-refractivity contribution in [2.75, 3.05) is 11.5 Å². The molecule has 0 bridgehead atoms. The monoisotopic (exact) mass is 178 g/mol. The SMILES string of the molecule is CC(C(=O)O)C1(F)CCSC1. The zero-order valence-electron chi connectivity index (χ0n) is 6.34. The Hall–Kier alpha value is -0.250. The number of carboxylic acids is 1. The highest BCUT2D eigenvalue weighted by Gasteiger charge is 2.43. The number of alkyl halides is 1. The minimum absolute atomic E-state index is 0.334. The second kappa shape index (κ2) is 3.01. The number of rotatable bonds is 2. The van der Waals surface area contributed by atoms with Crippen LogP contribution in [0.4, 0.5) is 4.39 Å². The van der Waals surface area contributed by atoms with Gasteiger partial charge in [0.25, 0.3) is 0 Å². The number of hydrogen-bond donors (Lipinski definition) is 1. The van der Waals surface area contributed by atoms with Crippen molar-refractivity contribution in [2.24, 2.45) is 5.92 Å². The summed E-state index contributed by atoms with van der Waals surface area (Å²) < 4.78 is 13.6. The van der Waals surface area contributed by atoms with Crippen LogP contribution in [-0.4, -0.2) is 28.3 Å². The van der Waals surface area contributed by atoms with E-state index in [2.05, 4.69) is 0 Å². The van der Waals surface area contributed by atoms with E-state index in [1.54, 1.807) is 0 Å². The van der Waals surface area contributed by atoms with E-state index in [1.165, 1.54) is 18.7 Å². The van der Waals surface area contributed by atoms with Crippen LogP contribution in [0.1, 0.15) is 13.3 Å². The molecule has 0 aliphatic carbocycles. The van der Waals surface area contributed by atoms with Gasteiger partial charge < -0.3 is 5.11 Å². The van der Waals surface area contributed by atoms with Gasteiger partial charge in [-0.25, -0.2) is 4.39 Å². The molecule has 0 amide bonds. The van der Waals surface area contributed by atoms with Gasteiger partial charge in [-0.3, -0.25) is 4.79 Å². The highest BCUT2D eigenvalue weighted by atomic mass is 32.2. The summed E-state index contributed by atoms with van der Waals surface area (Å²) in [7, 11) is 0. The van der Waals surface area contributed by atoms with Gasteiger partial charge in [-0.15, -0.1) is 0 Å². The molecule has 0 saturated carbocycles. The first-order chi connectivity index (χ1) is 5.06. The third-order valence-electron chi connectivity index (χ3n) is 2.15. The maximum atomic E-state index is 13.6. The fraction of sp³-hybridized carbons (Fsp3) is 0.857. The van der Waals surface area contributed by atoms with Crippen molar-refractivity contribution in [2.45, 2.75) is 19.0 Å². The molecule has 1 aliphatic rings. The molecule has 1 heterocycles. The van der Waals surface area contributed by atoms with E-state index in [4.69, 9.17) is 5.11 Å². The molecule has 1 fully saturated rings. The Kier molecular flexibility index (Phi) is 2.42. The van der Waals surface area contributed by atoms with Gasteiger partial charge in [0.05, 0.1) is 5.92 Å². The van der Waals surface area contributed by atoms with Crippen LogP contribution in [0.25, 0.3) is 0 Å². The van der Waals surface area contributed by atoms with Crippen molar-refractivity contribution >= 4 is 17.7 Å². The van der Waals surface area contributed by atoms with Crippen LogP contribution in [0, 0.1) is 5.92 Å². The molecule has 1 saturated heterocycles.